The second-order valence-electron chi connectivity index (χ2n) is 5.09. The van der Waals surface area contributed by atoms with Crippen molar-refractivity contribution in [3.63, 3.8) is 0 Å². The van der Waals surface area contributed by atoms with Crippen LogP contribution in [0, 0.1) is 0 Å². The fraction of sp³-hybridized carbons (Fsp3) is 0.500. The minimum Gasteiger partial charge on any atom is -0.397 e. The van der Waals surface area contributed by atoms with Gasteiger partial charge in [-0.1, -0.05) is 0 Å². The molecule has 1 fully saturated rings. The molecule has 2 heterocycles. The zero-order chi connectivity index (χ0) is 13.9. The minimum atomic E-state index is 0.0359. The van der Waals surface area contributed by atoms with Crippen LogP contribution in [0.2, 0.25) is 0 Å². The highest BCUT2D eigenvalue weighted by Gasteiger charge is 2.18. The number of hydrogen-bond acceptors (Lipinski definition) is 5. The molecular weight excluding hydrogens is 258 g/mol. The Morgan fingerprint density at radius 1 is 1.35 bits per heavy atom. The van der Waals surface area contributed by atoms with Crippen molar-refractivity contribution in [3.8, 4) is 0 Å². The number of nitrogens with one attached hydrogen (secondary N) is 2. The molecule has 1 aromatic carbocycles. The zero-order valence-electron chi connectivity index (χ0n) is 11.3. The van der Waals surface area contributed by atoms with Crippen molar-refractivity contribution >= 4 is 23.0 Å². The van der Waals surface area contributed by atoms with E-state index in [1.807, 2.05) is 12.1 Å². The molecule has 20 heavy (non-hydrogen) atoms. The van der Waals surface area contributed by atoms with E-state index in [2.05, 4.69) is 10.6 Å². The SMILES string of the molecule is Nc1cc2c(cc1NCC1COCCO1)NC(=O)CC2. The summed E-state index contributed by atoms with van der Waals surface area (Å²) < 4.78 is 10.9. The Kier molecular flexibility index (Phi) is 3.75. The van der Waals surface area contributed by atoms with Crippen molar-refractivity contribution in [2.24, 2.45) is 0 Å². The summed E-state index contributed by atoms with van der Waals surface area (Å²) in [5.41, 5.74) is 9.49. The number of amides is 1. The lowest BCUT2D eigenvalue weighted by Crippen LogP contribution is -2.34. The van der Waals surface area contributed by atoms with Crippen LogP contribution in [-0.4, -0.2) is 38.4 Å². The van der Waals surface area contributed by atoms with Crippen LogP contribution in [0.5, 0.6) is 0 Å². The molecule has 3 rings (SSSR count). The maximum atomic E-state index is 11.4. The van der Waals surface area contributed by atoms with Gasteiger partial charge in [-0.2, -0.15) is 0 Å². The fourth-order valence-corrected chi connectivity index (χ4v) is 2.48. The van der Waals surface area contributed by atoms with E-state index in [0.29, 0.717) is 38.5 Å². The predicted octanol–water partition coefficient (Wildman–Crippen LogP) is 0.981. The van der Waals surface area contributed by atoms with Crippen LogP contribution in [0.25, 0.3) is 0 Å². The molecule has 1 unspecified atom stereocenters. The Labute approximate surface area is 117 Å². The van der Waals surface area contributed by atoms with Gasteiger partial charge in [-0.15, -0.1) is 0 Å². The molecule has 108 valence electrons. The van der Waals surface area contributed by atoms with Crippen LogP contribution in [0.4, 0.5) is 17.1 Å². The van der Waals surface area contributed by atoms with Gasteiger partial charge in [0.2, 0.25) is 5.91 Å². The first-order valence-electron chi connectivity index (χ1n) is 6.88. The monoisotopic (exact) mass is 277 g/mol. The van der Waals surface area contributed by atoms with Gasteiger partial charge < -0.3 is 25.8 Å². The van der Waals surface area contributed by atoms with Crippen molar-refractivity contribution in [1.29, 1.82) is 0 Å². The number of carbonyl (C=O) groups excluding carboxylic acids is 1. The number of carbonyl (C=O) groups is 1. The smallest absolute Gasteiger partial charge is 0.224 e. The number of rotatable bonds is 3. The second-order valence-corrected chi connectivity index (χ2v) is 5.09. The second kappa shape index (κ2) is 5.68. The number of aryl methyl sites for hydroxylation is 1. The highest BCUT2D eigenvalue weighted by atomic mass is 16.6. The molecule has 6 heteroatoms. The third kappa shape index (κ3) is 2.86. The first-order chi connectivity index (χ1) is 9.72. The van der Waals surface area contributed by atoms with E-state index >= 15 is 0 Å². The van der Waals surface area contributed by atoms with Gasteiger partial charge in [-0.05, 0) is 24.1 Å². The van der Waals surface area contributed by atoms with Crippen LogP contribution in [-0.2, 0) is 20.7 Å². The molecule has 1 aromatic rings. The zero-order valence-corrected chi connectivity index (χ0v) is 11.3. The number of nitrogens with two attached hydrogens (primary N) is 1. The fourth-order valence-electron chi connectivity index (χ4n) is 2.48. The number of fused-ring (bicyclic) bond motifs is 1. The third-order valence-corrected chi connectivity index (χ3v) is 3.58. The largest absolute Gasteiger partial charge is 0.397 e. The molecule has 6 nitrogen and oxygen atoms in total. The normalized spacial score (nSPS) is 22.0. The molecule has 2 aliphatic rings. The summed E-state index contributed by atoms with van der Waals surface area (Å²) in [6, 6.07) is 3.82. The molecule has 0 bridgehead atoms. The Morgan fingerprint density at radius 3 is 3.05 bits per heavy atom. The molecule has 1 saturated heterocycles. The van der Waals surface area contributed by atoms with Crippen molar-refractivity contribution < 1.29 is 14.3 Å². The molecule has 0 spiro atoms. The Bertz CT molecular complexity index is 513. The van der Waals surface area contributed by atoms with Crippen molar-refractivity contribution in [2.75, 3.05) is 42.7 Å². The van der Waals surface area contributed by atoms with E-state index in [9.17, 15) is 4.79 Å². The molecule has 2 aliphatic heterocycles. The van der Waals surface area contributed by atoms with E-state index in [1.54, 1.807) is 0 Å². The molecule has 4 N–H and O–H groups in total. The average Bonchev–Trinajstić information content (AvgIpc) is 2.46. The molecule has 1 amide bonds. The van der Waals surface area contributed by atoms with Gasteiger partial charge >= 0.3 is 0 Å². The Morgan fingerprint density at radius 2 is 2.25 bits per heavy atom. The van der Waals surface area contributed by atoms with Crippen LogP contribution in [0.1, 0.15) is 12.0 Å². The number of benzene rings is 1. The lowest BCUT2D eigenvalue weighted by atomic mass is 10.0. The summed E-state index contributed by atoms with van der Waals surface area (Å²) in [6.07, 6.45) is 1.30. The molecule has 1 atom stereocenters. The molecule has 0 aromatic heterocycles. The summed E-state index contributed by atoms with van der Waals surface area (Å²) in [5.74, 6) is 0.0530. The summed E-state index contributed by atoms with van der Waals surface area (Å²) in [4.78, 5) is 11.4. The predicted molar refractivity (Wildman–Crippen MR) is 76.9 cm³/mol. The maximum absolute atomic E-state index is 11.4. The van der Waals surface area contributed by atoms with Gasteiger partial charge in [0.15, 0.2) is 0 Å². The number of ether oxygens (including phenoxy) is 2. The highest BCUT2D eigenvalue weighted by Crippen LogP contribution is 2.31. The Hall–Kier alpha value is -1.79. The lowest BCUT2D eigenvalue weighted by molar-refractivity contribution is -0.116. The third-order valence-electron chi connectivity index (χ3n) is 3.58. The van der Waals surface area contributed by atoms with Gasteiger partial charge in [-0.25, -0.2) is 0 Å². The summed E-state index contributed by atoms with van der Waals surface area (Å²) in [6.45, 7) is 2.51. The van der Waals surface area contributed by atoms with Gasteiger partial charge in [0, 0.05) is 18.7 Å². The number of hydrogen-bond donors (Lipinski definition) is 3. The first-order valence-corrected chi connectivity index (χ1v) is 6.88. The van der Waals surface area contributed by atoms with Gasteiger partial charge in [-0.3, -0.25) is 4.79 Å². The van der Waals surface area contributed by atoms with Crippen LogP contribution in [0.3, 0.4) is 0 Å². The molecule has 0 saturated carbocycles. The van der Waals surface area contributed by atoms with E-state index in [4.69, 9.17) is 15.2 Å². The van der Waals surface area contributed by atoms with Crippen LogP contribution >= 0.6 is 0 Å². The average molecular weight is 277 g/mol. The maximum Gasteiger partial charge on any atom is 0.224 e. The van der Waals surface area contributed by atoms with Gasteiger partial charge in [0.25, 0.3) is 0 Å². The Balaban J connectivity index is 1.69. The molecule has 0 radical (unpaired) electrons. The molecular formula is C14H19N3O3. The van der Waals surface area contributed by atoms with Crippen molar-refractivity contribution in [2.45, 2.75) is 18.9 Å². The standard InChI is InChI=1S/C14H19N3O3/c15-11-5-9-1-2-14(18)17-12(9)6-13(11)16-7-10-8-19-3-4-20-10/h5-6,10,16H,1-4,7-8,15H2,(H,17,18). The van der Waals surface area contributed by atoms with Crippen LogP contribution < -0.4 is 16.4 Å². The number of anilines is 3. The summed E-state index contributed by atoms with van der Waals surface area (Å²) in [5, 5.41) is 6.14. The van der Waals surface area contributed by atoms with E-state index in [1.165, 1.54) is 0 Å². The van der Waals surface area contributed by atoms with Crippen molar-refractivity contribution in [3.05, 3.63) is 17.7 Å². The van der Waals surface area contributed by atoms with Crippen molar-refractivity contribution in [1.82, 2.24) is 0 Å². The van der Waals surface area contributed by atoms with Gasteiger partial charge in [0.05, 0.1) is 37.3 Å². The number of nitrogen functional groups attached to an aromatic ring is 1. The van der Waals surface area contributed by atoms with E-state index < -0.39 is 0 Å². The quantitative estimate of drug-likeness (QED) is 0.717. The highest BCUT2D eigenvalue weighted by molar-refractivity contribution is 5.95. The van der Waals surface area contributed by atoms with Crippen LogP contribution in [0.15, 0.2) is 12.1 Å². The first kappa shape index (κ1) is 13.2. The summed E-state index contributed by atoms with van der Waals surface area (Å²) >= 11 is 0. The lowest BCUT2D eigenvalue weighted by Gasteiger charge is -2.25. The summed E-state index contributed by atoms with van der Waals surface area (Å²) in [7, 11) is 0. The van der Waals surface area contributed by atoms with E-state index in [0.717, 1.165) is 23.4 Å². The minimum absolute atomic E-state index is 0.0359. The van der Waals surface area contributed by atoms with Gasteiger partial charge in [0.1, 0.15) is 0 Å². The van der Waals surface area contributed by atoms with E-state index in [-0.39, 0.29) is 12.0 Å². The topological polar surface area (TPSA) is 85.6 Å². The molecule has 0 aliphatic carbocycles.